The zero-order valence-electron chi connectivity index (χ0n) is 21.7. The number of fused-ring (bicyclic) bond motifs is 2. The van der Waals surface area contributed by atoms with Crippen molar-refractivity contribution in [2.24, 2.45) is 4.40 Å². The molecule has 1 saturated heterocycles. The lowest BCUT2D eigenvalue weighted by Gasteiger charge is -2.38. The molecule has 3 aromatic rings. The summed E-state index contributed by atoms with van der Waals surface area (Å²) in [6.45, 7) is 2.60. The Kier molecular flexibility index (Phi) is 7.86. The van der Waals surface area contributed by atoms with E-state index in [1.54, 1.807) is 6.20 Å². The molecule has 40 heavy (non-hydrogen) atoms. The smallest absolute Gasteiger partial charge is 0.309 e. The molecule has 1 aromatic heterocycles. The zero-order valence-corrected chi connectivity index (χ0v) is 23.3. The Morgan fingerprint density at radius 3 is 2.75 bits per heavy atom. The molecule has 4 heterocycles. The van der Waals surface area contributed by atoms with Crippen LogP contribution in [0.15, 0.2) is 71.3 Å². The molecular formula is C29H29ClN4O5S. The molecular weight excluding hydrogens is 552 g/mol. The van der Waals surface area contributed by atoms with Gasteiger partial charge in [0.25, 0.3) is 0 Å². The van der Waals surface area contributed by atoms with E-state index in [4.69, 9.17) is 25.4 Å². The van der Waals surface area contributed by atoms with Gasteiger partial charge in [0.2, 0.25) is 5.88 Å². The quantitative estimate of drug-likeness (QED) is 0.413. The van der Waals surface area contributed by atoms with Crippen LogP contribution < -0.4 is 15.0 Å². The second kappa shape index (κ2) is 11.7. The molecule has 0 radical (unpaired) electrons. The number of halogens is 1. The van der Waals surface area contributed by atoms with Gasteiger partial charge in [-0.3, -0.25) is 0 Å². The number of nitrogens with zero attached hydrogens (tertiary/aromatic N) is 3. The van der Waals surface area contributed by atoms with E-state index >= 15 is 0 Å². The summed E-state index contributed by atoms with van der Waals surface area (Å²) in [5.74, 6) is 2.24. The fourth-order valence-corrected chi connectivity index (χ4v) is 5.87. The molecule has 1 fully saturated rings. The van der Waals surface area contributed by atoms with Crippen LogP contribution in [-0.4, -0.2) is 51.3 Å². The minimum atomic E-state index is -1.74. The number of rotatable bonds is 7. The molecule has 0 bridgehead atoms. The van der Waals surface area contributed by atoms with E-state index in [-0.39, 0.29) is 6.61 Å². The molecule has 2 N–H and O–H groups in total. The van der Waals surface area contributed by atoms with E-state index in [0.717, 1.165) is 48.3 Å². The number of aliphatic hydroxyl groups is 1. The molecule has 0 aliphatic carbocycles. The summed E-state index contributed by atoms with van der Waals surface area (Å²) < 4.78 is 32.2. The maximum atomic E-state index is 11.4. The number of amidine groups is 1. The summed E-state index contributed by atoms with van der Waals surface area (Å²) in [7, 11) is 0. The third-order valence-corrected chi connectivity index (χ3v) is 8.31. The number of pyridine rings is 1. The SMILES string of the molecule is O=S1N=C(COc2cccc3c2CC(=CCCN2CCC(O)(c4ccc(Cl)cc4)CC2)c2cccnc2O3)NO1. The van der Waals surface area contributed by atoms with Gasteiger partial charge in [-0.1, -0.05) is 35.9 Å². The normalized spacial score (nSPS) is 21.0. The first kappa shape index (κ1) is 26.9. The van der Waals surface area contributed by atoms with Crippen molar-refractivity contribution in [3.05, 3.63) is 88.6 Å². The topological polar surface area (TPSA) is 106 Å². The van der Waals surface area contributed by atoms with Crippen molar-refractivity contribution in [2.45, 2.75) is 31.3 Å². The third-order valence-electron chi connectivity index (χ3n) is 7.46. The molecule has 11 heteroatoms. The van der Waals surface area contributed by atoms with Crippen LogP contribution in [-0.2, 0) is 27.6 Å². The van der Waals surface area contributed by atoms with Crippen LogP contribution in [0.25, 0.3) is 5.57 Å². The fourth-order valence-electron chi connectivity index (χ4n) is 5.27. The molecule has 0 saturated carbocycles. The average molecular weight is 581 g/mol. The molecule has 2 aromatic carbocycles. The van der Waals surface area contributed by atoms with Gasteiger partial charge in [0.05, 0.1) is 5.60 Å². The van der Waals surface area contributed by atoms with E-state index in [1.165, 1.54) is 0 Å². The Balaban J connectivity index is 1.15. The van der Waals surface area contributed by atoms with Crippen LogP contribution in [0.5, 0.6) is 17.4 Å². The maximum Gasteiger partial charge on any atom is 0.309 e. The van der Waals surface area contributed by atoms with Crippen molar-refractivity contribution in [2.75, 3.05) is 26.2 Å². The van der Waals surface area contributed by atoms with Crippen molar-refractivity contribution in [1.29, 1.82) is 0 Å². The number of allylic oxidation sites excluding steroid dienone is 1. The van der Waals surface area contributed by atoms with Gasteiger partial charge in [0, 0.05) is 48.4 Å². The first-order valence-electron chi connectivity index (χ1n) is 13.2. The van der Waals surface area contributed by atoms with E-state index < -0.39 is 16.9 Å². The first-order chi connectivity index (χ1) is 19.5. The largest absolute Gasteiger partial charge is 0.485 e. The van der Waals surface area contributed by atoms with Gasteiger partial charge in [0.1, 0.15) is 18.1 Å². The second-order valence-corrected chi connectivity index (χ2v) is 11.2. The second-order valence-electron chi connectivity index (χ2n) is 10.00. The van der Waals surface area contributed by atoms with Crippen molar-refractivity contribution in [3.8, 4) is 17.4 Å². The van der Waals surface area contributed by atoms with Crippen LogP contribution in [0, 0.1) is 0 Å². The summed E-state index contributed by atoms with van der Waals surface area (Å²) in [4.78, 5) is 6.89. The molecule has 208 valence electrons. The number of nitrogens with one attached hydrogen (secondary N) is 1. The van der Waals surface area contributed by atoms with Crippen molar-refractivity contribution >= 4 is 34.3 Å². The predicted octanol–water partition coefficient (Wildman–Crippen LogP) is 4.73. The summed E-state index contributed by atoms with van der Waals surface area (Å²) in [6, 6.07) is 17.1. The molecule has 0 amide bonds. The van der Waals surface area contributed by atoms with Gasteiger partial charge in [-0.2, -0.15) is 4.28 Å². The minimum absolute atomic E-state index is 0.0871. The third kappa shape index (κ3) is 5.91. The highest BCUT2D eigenvalue weighted by Crippen LogP contribution is 2.41. The number of likely N-dealkylation sites (tertiary alicyclic amines) is 1. The Morgan fingerprint density at radius 2 is 1.98 bits per heavy atom. The molecule has 3 aliphatic heterocycles. The number of hydrogen-bond donors (Lipinski definition) is 2. The molecule has 0 spiro atoms. The Hall–Kier alpha value is -3.28. The Morgan fingerprint density at radius 1 is 1.15 bits per heavy atom. The van der Waals surface area contributed by atoms with E-state index in [0.29, 0.717) is 47.5 Å². The van der Waals surface area contributed by atoms with Gasteiger partial charge in [-0.15, -0.1) is 4.40 Å². The summed E-state index contributed by atoms with van der Waals surface area (Å²) in [6.07, 6.45) is 6.77. The summed E-state index contributed by atoms with van der Waals surface area (Å²) in [5, 5.41) is 11.9. The van der Waals surface area contributed by atoms with Crippen molar-refractivity contribution < 1.29 is 23.1 Å². The first-order valence-corrected chi connectivity index (χ1v) is 14.6. The summed E-state index contributed by atoms with van der Waals surface area (Å²) >= 11 is 4.29. The summed E-state index contributed by atoms with van der Waals surface area (Å²) in [5.41, 5.74) is 5.58. The lowest BCUT2D eigenvalue weighted by Crippen LogP contribution is -2.42. The lowest BCUT2D eigenvalue weighted by atomic mass is 9.84. The molecule has 1 unspecified atom stereocenters. The Labute approximate surface area is 240 Å². The number of benzene rings is 2. The molecule has 9 nitrogen and oxygen atoms in total. The maximum absolute atomic E-state index is 11.4. The Bertz CT molecular complexity index is 1470. The number of hydroxylamine groups is 1. The highest BCUT2D eigenvalue weighted by atomic mass is 35.5. The zero-order chi connectivity index (χ0) is 27.5. The number of ether oxygens (including phenoxy) is 2. The highest BCUT2D eigenvalue weighted by Gasteiger charge is 2.33. The number of piperidine rings is 1. The van der Waals surface area contributed by atoms with E-state index in [2.05, 4.69) is 25.8 Å². The van der Waals surface area contributed by atoms with Gasteiger partial charge >= 0.3 is 11.3 Å². The predicted molar refractivity (Wildman–Crippen MR) is 153 cm³/mol. The van der Waals surface area contributed by atoms with Gasteiger partial charge < -0.3 is 19.5 Å². The van der Waals surface area contributed by atoms with Gasteiger partial charge in [0.15, 0.2) is 5.84 Å². The van der Waals surface area contributed by atoms with Crippen LogP contribution in [0.4, 0.5) is 0 Å². The molecule has 3 aliphatic rings. The van der Waals surface area contributed by atoms with Gasteiger partial charge in [-0.25, -0.2) is 14.7 Å². The number of aromatic nitrogens is 1. The molecule has 1 atom stereocenters. The van der Waals surface area contributed by atoms with E-state index in [1.807, 2.05) is 54.6 Å². The van der Waals surface area contributed by atoms with Crippen LogP contribution in [0.3, 0.4) is 0 Å². The highest BCUT2D eigenvalue weighted by molar-refractivity contribution is 7.79. The lowest BCUT2D eigenvalue weighted by molar-refractivity contribution is -0.0254. The average Bonchev–Trinajstić information content (AvgIpc) is 3.31. The van der Waals surface area contributed by atoms with Crippen LogP contribution in [0.1, 0.15) is 36.0 Å². The van der Waals surface area contributed by atoms with E-state index in [9.17, 15) is 9.32 Å². The fraction of sp³-hybridized carbons (Fsp3) is 0.310. The minimum Gasteiger partial charge on any atom is -0.485 e. The number of hydrogen-bond acceptors (Lipinski definition) is 8. The van der Waals surface area contributed by atoms with Gasteiger partial charge in [-0.05, 0) is 66.8 Å². The van der Waals surface area contributed by atoms with Crippen LogP contribution in [0.2, 0.25) is 5.02 Å². The van der Waals surface area contributed by atoms with Crippen molar-refractivity contribution in [3.63, 3.8) is 0 Å². The standard InChI is InChI=1S/C29H29ClN4O5S/c30-22-10-8-21(9-11-22)29(35)12-16-34(17-13-29)15-3-4-20-18-24-25(37-19-27-32-39-40(36)33-27)6-1-7-26(24)38-28-23(20)5-2-14-31-28/h1-2,4-11,14,35H,3,12-13,15-19H2,(H,32,33). The van der Waals surface area contributed by atoms with Crippen molar-refractivity contribution in [1.82, 2.24) is 15.4 Å². The van der Waals surface area contributed by atoms with Crippen LogP contribution >= 0.6 is 11.6 Å². The monoisotopic (exact) mass is 580 g/mol. The molecule has 6 rings (SSSR count).